The summed E-state index contributed by atoms with van der Waals surface area (Å²) in [6, 6.07) is 4.11. The van der Waals surface area contributed by atoms with Gasteiger partial charge >= 0.3 is 0 Å². The molecule has 0 fully saturated rings. The first-order chi connectivity index (χ1) is 6.72. The van der Waals surface area contributed by atoms with Gasteiger partial charge in [0.25, 0.3) is 0 Å². The van der Waals surface area contributed by atoms with Gasteiger partial charge in [0, 0.05) is 11.6 Å². The minimum Gasteiger partial charge on any atom is -0.360 e. The Labute approximate surface area is 100 Å². The zero-order valence-electron chi connectivity index (χ0n) is 8.51. The lowest BCUT2D eigenvalue weighted by Crippen LogP contribution is -2.01. The lowest BCUT2D eigenvalue weighted by atomic mass is 10.1. The highest BCUT2D eigenvalue weighted by atomic mass is 35.5. The summed E-state index contributed by atoms with van der Waals surface area (Å²) in [6.45, 7) is 2.71. The molecule has 15 heavy (non-hydrogen) atoms. The van der Waals surface area contributed by atoms with Crippen LogP contribution < -0.4 is 5.73 Å². The largest absolute Gasteiger partial charge is 0.360 e. The SMILES string of the molecule is Cc1cc(Cl)c2[nH]cc(CCN)c2c1.Cl. The topological polar surface area (TPSA) is 41.8 Å². The number of hydrogen-bond donors (Lipinski definition) is 2. The Morgan fingerprint density at radius 3 is 2.80 bits per heavy atom. The summed E-state index contributed by atoms with van der Waals surface area (Å²) in [5.41, 5.74) is 8.98. The van der Waals surface area contributed by atoms with Crippen LogP contribution >= 0.6 is 24.0 Å². The molecule has 1 aromatic heterocycles. The molecule has 0 saturated carbocycles. The maximum absolute atomic E-state index is 6.11. The van der Waals surface area contributed by atoms with Gasteiger partial charge in [0.15, 0.2) is 0 Å². The molecule has 0 spiro atoms. The maximum Gasteiger partial charge on any atom is 0.0649 e. The van der Waals surface area contributed by atoms with E-state index in [4.69, 9.17) is 17.3 Å². The summed E-state index contributed by atoms with van der Waals surface area (Å²) in [4.78, 5) is 3.18. The minimum absolute atomic E-state index is 0. The van der Waals surface area contributed by atoms with Crippen LogP contribution in [0.1, 0.15) is 11.1 Å². The second-order valence-electron chi connectivity index (χ2n) is 3.52. The van der Waals surface area contributed by atoms with E-state index < -0.39 is 0 Å². The van der Waals surface area contributed by atoms with Crippen LogP contribution in [0.4, 0.5) is 0 Å². The summed E-state index contributed by atoms with van der Waals surface area (Å²) in [5.74, 6) is 0. The third-order valence-corrected chi connectivity index (χ3v) is 2.68. The highest BCUT2D eigenvalue weighted by Crippen LogP contribution is 2.27. The molecule has 2 nitrogen and oxygen atoms in total. The van der Waals surface area contributed by atoms with Gasteiger partial charge in [0.05, 0.1) is 10.5 Å². The molecule has 1 heterocycles. The molecule has 0 unspecified atom stereocenters. The van der Waals surface area contributed by atoms with Crippen LogP contribution in [-0.2, 0) is 6.42 Å². The molecule has 0 saturated heterocycles. The van der Waals surface area contributed by atoms with E-state index in [-0.39, 0.29) is 12.4 Å². The molecular formula is C11H14Cl2N2. The second kappa shape index (κ2) is 4.88. The van der Waals surface area contributed by atoms with Crippen LogP contribution in [0, 0.1) is 6.92 Å². The average Bonchev–Trinajstić information content (AvgIpc) is 2.49. The van der Waals surface area contributed by atoms with Gasteiger partial charge in [-0.3, -0.25) is 0 Å². The highest BCUT2D eigenvalue weighted by molar-refractivity contribution is 6.35. The fourth-order valence-corrected chi connectivity index (χ4v) is 2.07. The second-order valence-corrected chi connectivity index (χ2v) is 3.93. The van der Waals surface area contributed by atoms with E-state index in [2.05, 4.69) is 11.1 Å². The monoisotopic (exact) mass is 244 g/mol. The number of hydrogen-bond acceptors (Lipinski definition) is 1. The van der Waals surface area contributed by atoms with Crippen molar-refractivity contribution < 1.29 is 0 Å². The van der Waals surface area contributed by atoms with Crippen molar-refractivity contribution in [2.75, 3.05) is 6.54 Å². The van der Waals surface area contributed by atoms with Crippen molar-refractivity contribution in [3.8, 4) is 0 Å². The summed E-state index contributed by atoms with van der Waals surface area (Å²) in [5, 5.41) is 1.98. The lowest BCUT2D eigenvalue weighted by Gasteiger charge is -1.99. The first kappa shape index (κ1) is 12.4. The molecule has 3 N–H and O–H groups in total. The first-order valence-electron chi connectivity index (χ1n) is 4.68. The molecular weight excluding hydrogens is 231 g/mol. The van der Waals surface area contributed by atoms with Crippen LogP contribution in [0.5, 0.6) is 0 Å². The van der Waals surface area contributed by atoms with E-state index in [9.17, 15) is 0 Å². The van der Waals surface area contributed by atoms with Crippen molar-refractivity contribution in [1.82, 2.24) is 4.98 Å². The number of benzene rings is 1. The van der Waals surface area contributed by atoms with Crippen LogP contribution in [0.2, 0.25) is 5.02 Å². The molecule has 82 valence electrons. The molecule has 0 aliphatic carbocycles. The number of aryl methyl sites for hydroxylation is 1. The van der Waals surface area contributed by atoms with E-state index >= 15 is 0 Å². The van der Waals surface area contributed by atoms with E-state index in [1.54, 1.807) is 0 Å². The number of halogens is 2. The zero-order valence-corrected chi connectivity index (χ0v) is 10.1. The van der Waals surface area contributed by atoms with Crippen molar-refractivity contribution in [2.24, 2.45) is 5.73 Å². The van der Waals surface area contributed by atoms with Crippen molar-refractivity contribution in [3.05, 3.63) is 34.5 Å². The summed E-state index contributed by atoms with van der Waals surface area (Å²) < 4.78 is 0. The van der Waals surface area contributed by atoms with Gasteiger partial charge in [-0.15, -0.1) is 12.4 Å². The first-order valence-corrected chi connectivity index (χ1v) is 5.06. The Hall–Kier alpha value is -0.700. The Balaban J connectivity index is 0.00000112. The summed E-state index contributed by atoms with van der Waals surface area (Å²) in [6.07, 6.45) is 2.88. The number of fused-ring (bicyclic) bond motifs is 1. The van der Waals surface area contributed by atoms with E-state index in [1.807, 2.05) is 19.2 Å². The molecule has 4 heteroatoms. The predicted octanol–water partition coefficient (Wildman–Crippen LogP) is 3.05. The van der Waals surface area contributed by atoms with Gasteiger partial charge < -0.3 is 10.7 Å². The quantitative estimate of drug-likeness (QED) is 0.838. The molecule has 1 aromatic carbocycles. The molecule has 0 atom stereocenters. The fraction of sp³-hybridized carbons (Fsp3) is 0.273. The van der Waals surface area contributed by atoms with Crippen molar-refractivity contribution in [3.63, 3.8) is 0 Å². The fourth-order valence-electron chi connectivity index (χ4n) is 1.74. The average molecular weight is 245 g/mol. The molecule has 0 amide bonds. The Bertz CT molecular complexity index is 463. The van der Waals surface area contributed by atoms with Gasteiger partial charge in [0.1, 0.15) is 0 Å². The smallest absolute Gasteiger partial charge is 0.0649 e. The maximum atomic E-state index is 6.11. The van der Waals surface area contributed by atoms with Gasteiger partial charge in [-0.25, -0.2) is 0 Å². The number of rotatable bonds is 2. The summed E-state index contributed by atoms with van der Waals surface area (Å²) >= 11 is 6.11. The Morgan fingerprint density at radius 2 is 2.13 bits per heavy atom. The Morgan fingerprint density at radius 1 is 1.40 bits per heavy atom. The van der Waals surface area contributed by atoms with Crippen LogP contribution in [0.15, 0.2) is 18.3 Å². The van der Waals surface area contributed by atoms with Crippen LogP contribution in [0.25, 0.3) is 10.9 Å². The molecule has 0 radical (unpaired) electrons. The van der Waals surface area contributed by atoms with E-state index in [0.717, 1.165) is 17.0 Å². The molecule has 0 aliphatic heterocycles. The van der Waals surface area contributed by atoms with E-state index in [0.29, 0.717) is 6.54 Å². The number of nitrogens with one attached hydrogen (secondary N) is 1. The number of H-pyrrole nitrogens is 1. The normalized spacial score (nSPS) is 10.3. The number of aromatic amines is 1. The van der Waals surface area contributed by atoms with Crippen molar-refractivity contribution in [2.45, 2.75) is 13.3 Å². The molecule has 0 bridgehead atoms. The van der Waals surface area contributed by atoms with Gasteiger partial charge in [-0.1, -0.05) is 11.6 Å². The molecule has 0 aliphatic rings. The predicted molar refractivity (Wildman–Crippen MR) is 68.1 cm³/mol. The van der Waals surface area contributed by atoms with Gasteiger partial charge in [0.2, 0.25) is 0 Å². The van der Waals surface area contributed by atoms with Crippen molar-refractivity contribution >= 4 is 34.9 Å². The molecule has 2 aromatic rings. The zero-order chi connectivity index (χ0) is 10.1. The number of aromatic nitrogens is 1. The van der Waals surface area contributed by atoms with Crippen LogP contribution in [-0.4, -0.2) is 11.5 Å². The summed E-state index contributed by atoms with van der Waals surface area (Å²) in [7, 11) is 0. The third kappa shape index (κ3) is 2.28. The van der Waals surface area contributed by atoms with Gasteiger partial charge in [-0.2, -0.15) is 0 Å². The van der Waals surface area contributed by atoms with E-state index in [1.165, 1.54) is 16.5 Å². The van der Waals surface area contributed by atoms with Gasteiger partial charge in [-0.05, 0) is 43.1 Å². The van der Waals surface area contributed by atoms with Crippen molar-refractivity contribution in [1.29, 1.82) is 0 Å². The minimum atomic E-state index is 0. The Kier molecular flexibility index (Phi) is 4.03. The number of nitrogens with two attached hydrogens (primary N) is 1. The van der Waals surface area contributed by atoms with Crippen LogP contribution in [0.3, 0.4) is 0 Å². The highest BCUT2D eigenvalue weighted by Gasteiger charge is 2.06. The lowest BCUT2D eigenvalue weighted by molar-refractivity contribution is 0.976. The molecule has 2 rings (SSSR count). The standard InChI is InChI=1S/C11H13ClN2.ClH/c1-7-4-9-8(2-3-13)6-14-11(9)10(12)5-7;/h4-6,14H,2-3,13H2,1H3;1H. The third-order valence-electron chi connectivity index (χ3n) is 2.38.